The Balaban J connectivity index is 1.78. The van der Waals surface area contributed by atoms with Gasteiger partial charge in [0.15, 0.2) is 11.2 Å². The molecule has 3 N–H and O–H groups in total. The first kappa shape index (κ1) is 20.3. The molecule has 1 atom stereocenters. The molecular weight excluding hydrogens is 366 g/mol. The van der Waals surface area contributed by atoms with Gasteiger partial charge in [0.25, 0.3) is 5.91 Å². The molecule has 7 nitrogen and oxygen atoms in total. The smallest absolute Gasteiger partial charge is 0.279 e. The van der Waals surface area contributed by atoms with Crippen LogP contribution in [-0.4, -0.2) is 30.8 Å². The highest BCUT2D eigenvalue weighted by Crippen LogP contribution is 2.19. The van der Waals surface area contributed by atoms with E-state index in [9.17, 15) is 4.79 Å². The van der Waals surface area contributed by atoms with E-state index >= 15 is 0 Å². The molecule has 144 valence electrons. The molecule has 0 aliphatic heterocycles. The van der Waals surface area contributed by atoms with Crippen molar-refractivity contribution in [2.75, 3.05) is 19.0 Å². The van der Waals surface area contributed by atoms with Crippen molar-refractivity contribution in [1.29, 1.82) is 0 Å². The van der Waals surface area contributed by atoms with Gasteiger partial charge in [-0.1, -0.05) is 6.07 Å². The van der Waals surface area contributed by atoms with Crippen LogP contribution in [0.15, 0.2) is 48.5 Å². The summed E-state index contributed by atoms with van der Waals surface area (Å²) in [7, 11) is 1.58. The molecule has 0 spiro atoms. The van der Waals surface area contributed by atoms with E-state index in [4.69, 9.17) is 26.4 Å². The number of hydrazine groups is 1. The molecule has 0 aromatic heterocycles. The van der Waals surface area contributed by atoms with E-state index < -0.39 is 6.10 Å². The van der Waals surface area contributed by atoms with Gasteiger partial charge in [0, 0.05) is 11.8 Å². The van der Waals surface area contributed by atoms with Crippen molar-refractivity contribution in [3.05, 3.63) is 48.5 Å². The van der Waals surface area contributed by atoms with Gasteiger partial charge in [-0.25, -0.2) is 0 Å². The van der Waals surface area contributed by atoms with Gasteiger partial charge in [-0.2, -0.15) is 0 Å². The summed E-state index contributed by atoms with van der Waals surface area (Å²) in [5, 5.41) is 3.19. The largest absolute Gasteiger partial charge is 0.497 e. The minimum absolute atomic E-state index is 0.241. The van der Waals surface area contributed by atoms with E-state index in [2.05, 4.69) is 16.2 Å². The first-order chi connectivity index (χ1) is 13.0. The lowest BCUT2D eigenvalue weighted by Gasteiger charge is -2.17. The van der Waals surface area contributed by atoms with E-state index in [0.717, 1.165) is 11.4 Å². The molecule has 0 saturated heterocycles. The summed E-state index contributed by atoms with van der Waals surface area (Å²) >= 11 is 5.16. The number of benzene rings is 2. The zero-order valence-corrected chi connectivity index (χ0v) is 16.3. The second kappa shape index (κ2) is 10.2. The third-order valence-electron chi connectivity index (χ3n) is 3.44. The Bertz CT molecular complexity index is 768. The van der Waals surface area contributed by atoms with E-state index in [0.29, 0.717) is 18.1 Å². The fraction of sp³-hybridized carbons (Fsp3) is 0.263. The maximum Gasteiger partial charge on any atom is 0.279 e. The number of thiocarbonyl (C=S) groups is 1. The van der Waals surface area contributed by atoms with Crippen molar-refractivity contribution in [2.24, 2.45) is 0 Å². The molecule has 27 heavy (non-hydrogen) atoms. The maximum absolute atomic E-state index is 12.1. The molecule has 8 heteroatoms. The number of carbonyl (C=O) groups is 1. The number of hydrogen-bond acceptors (Lipinski definition) is 5. The average Bonchev–Trinajstić information content (AvgIpc) is 2.68. The number of carbonyl (C=O) groups excluding carboxylic acids is 1. The highest BCUT2D eigenvalue weighted by Gasteiger charge is 2.15. The Kier molecular flexibility index (Phi) is 7.69. The fourth-order valence-electron chi connectivity index (χ4n) is 2.12. The van der Waals surface area contributed by atoms with Crippen molar-refractivity contribution in [1.82, 2.24) is 10.9 Å². The van der Waals surface area contributed by atoms with E-state index in [1.165, 1.54) is 0 Å². The van der Waals surface area contributed by atoms with Crippen LogP contribution in [0.25, 0.3) is 0 Å². The average molecular weight is 389 g/mol. The summed E-state index contributed by atoms with van der Waals surface area (Å²) in [6, 6.07) is 14.3. The van der Waals surface area contributed by atoms with E-state index in [1.54, 1.807) is 44.4 Å². The van der Waals surface area contributed by atoms with Crippen molar-refractivity contribution in [2.45, 2.75) is 20.0 Å². The topological polar surface area (TPSA) is 80.9 Å². The highest BCUT2D eigenvalue weighted by atomic mass is 32.1. The number of rotatable bonds is 7. The molecule has 0 fully saturated rings. The summed E-state index contributed by atoms with van der Waals surface area (Å²) < 4.78 is 16.1. The Morgan fingerprint density at radius 2 is 1.78 bits per heavy atom. The molecule has 2 aromatic carbocycles. The summed E-state index contributed by atoms with van der Waals surface area (Å²) in [5.74, 6) is 1.65. The van der Waals surface area contributed by atoms with Gasteiger partial charge in [-0.3, -0.25) is 15.6 Å². The van der Waals surface area contributed by atoms with Gasteiger partial charge in [-0.05, 0) is 62.5 Å². The number of hydrogen-bond donors (Lipinski definition) is 3. The molecule has 0 aliphatic rings. The number of anilines is 1. The maximum atomic E-state index is 12.1. The lowest BCUT2D eigenvalue weighted by atomic mass is 10.3. The quantitative estimate of drug-likeness (QED) is 0.496. The van der Waals surface area contributed by atoms with Gasteiger partial charge in [0.2, 0.25) is 0 Å². The van der Waals surface area contributed by atoms with Crippen molar-refractivity contribution in [3.8, 4) is 17.2 Å². The normalized spacial score (nSPS) is 11.1. The minimum atomic E-state index is -0.713. The minimum Gasteiger partial charge on any atom is -0.497 e. The SMILES string of the molecule is CCOc1ccc(O[C@H](C)C(=O)NNC(=S)Nc2cccc(OC)c2)cc1. The highest BCUT2D eigenvalue weighted by molar-refractivity contribution is 7.80. The predicted molar refractivity (Wildman–Crippen MR) is 108 cm³/mol. The Labute approximate surface area is 164 Å². The van der Waals surface area contributed by atoms with Gasteiger partial charge in [0.1, 0.15) is 17.2 Å². The fourth-order valence-corrected chi connectivity index (χ4v) is 2.29. The lowest BCUT2D eigenvalue weighted by Crippen LogP contribution is -2.48. The second-order valence-electron chi connectivity index (χ2n) is 5.46. The van der Waals surface area contributed by atoms with Crippen LogP contribution in [0.5, 0.6) is 17.2 Å². The van der Waals surface area contributed by atoms with Crippen molar-refractivity contribution >= 4 is 28.9 Å². The van der Waals surface area contributed by atoms with E-state index in [-0.39, 0.29) is 11.0 Å². The van der Waals surface area contributed by atoms with Crippen LogP contribution >= 0.6 is 12.2 Å². The molecular formula is C19H23N3O4S. The second-order valence-corrected chi connectivity index (χ2v) is 5.87. The van der Waals surface area contributed by atoms with Crippen LogP contribution < -0.4 is 30.4 Å². The van der Waals surface area contributed by atoms with Crippen LogP contribution in [-0.2, 0) is 4.79 Å². The third kappa shape index (κ3) is 6.67. The van der Waals surface area contributed by atoms with Crippen LogP contribution in [0.3, 0.4) is 0 Å². The van der Waals surface area contributed by atoms with Crippen LogP contribution in [0.2, 0.25) is 0 Å². The summed E-state index contributed by atoms with van der Waals surface area (Å²) in [6.45, 7) is 4.15. The molecule has 0 aliphatic carbocycles. The summed E-state index contributed by atoms with van der Waals surface area (Å²) in [5.41, 5.74) is 5.89. The first-order valence-electron chi connectivity index (χ1n) is 8.42. The number of methoxy groups -OCH3 is 1. The zero-order valence-electron chi connectivity index (χ0n) is 15.4. The van der Waals surface area contributed by atoms with Crippen LogP contribution in [0.1, 0.15) is 13.8 Å². The molecule has 2 aromatic rings. The molecule has 0 unspecified atom stereocenters. The van der Waals surface area contributed by atoms with E-state index in [1.807, 2.05) is 25.1 Å². The van der Waals surface area contributed by atoms with Gasteiger partial charge in [0.05, 0.1) is 13.7 Å². The molecule has 0 radical (unpaired) electrons. The summed E-state index contributed by atoms with van der Waals surface area (Å²) in [4.78, 5) is 12.1. The molecule has 2 rings (SSSR count). The zero-order chi connectivity index (χ0) is 19.6. The number of amides is 1. The Morgan fingerprint density at radius 3 is 2.44 bits per heavy atom. The molecule has 0 bridgehead atoms. The van der Waals surface area contributed by atoms with Crippen LogP contribution in [0, 0.1) is 0 Å². The number of nitrogens with one attached hydrogen (secondary N) is 3. The summed E-state index contributed by atoms with van der Waals surface area (Å²) in [6.07, 6.45) is -0.713. The first-order valence-corrected chi connectivity index (χ1v) is 8.83. The molecule has 1 amide bonds. The van der Waals surface area contributed by atoms with Gasteiger partial charge < -0.3 is 19.5 Å². The van der Waals surface area contributed by atoms with Crippen molar-refractivity contribution < 1.29 is 19.0 Å². The van der Waals surface area contributed by atoms with Gasteiger partial charge in [-0.15, -0.1) is 0 Å². The molecule has 0 heterocycles. The predicted octanol–water partition coefficient (Wildman–Crippen LogP) is 2.88. The standard InChI is InChI=1S/C19H23N3O4S/c1-4-25-15-8-10-16(11-9-15)26-13(2)18(23)21-22-19(27)20-14-6-5-7-17(12-14)24-3/h5-13H,4H2,1-3H3,(H,21,23)(H2,20,22,27)/t13-/m1/s1. The van der Waals surface area contributed by atoms with Crippen LogP contribution in [0.4, 0.5) is 5.69 Å². The molecule has 0 saturated carbocycles. The third-order valence-corrected chi connectivity index (χ3v) is 3.65. The lowest BCUT2D eigenvalue weighted by molar-refractivity contribution is -0.127. The number of ether oxygens (including phenoxy) is 3. The Hall–Kier alpha value is -3.00. The van der Waals surface area contributed by atoms with Crippen molar-refractivity contribution in [3.63, 3.8) is 0 Å². The Morgan fingerprint density at radius 1 is 1.07 bits per heavy atom. The van der Waals surface area contributed by atoms with Gasteiger partial charge >= 0.3 is 0 Å². The monoisotopic (exact) mass is 389 g/mol.